The highest BCUT2D eigenvalue weighted by Gasteiger charge is 2.32. The molecule has 0 N–H and O–H groups in total. The third-order valence-electron chi connectivity index (χ3n) is 4.64. The number of hydrogen-bond donors (Lipinski definition) is 0. The minimum absolute atomic E-state index is 0.0308. The average molecular weight is 349 g/mol. The first kappa shape index (κ1) is 16.3. The molecule has 1 aliphatic heterocycles. The van der Waals surface area contributed by atoms with Crippen molar-refractivity contribution in [3.63, 3.8) is 0 Å². The molecule has 1 amide bonds. The van der Waals surface area contributed by atoms with E-state index in [1.807, 2.05) is 47.4 Å². The summed E-state index contributed by atoms with van der Waals surface area (Å²) in [5, 5.41) is 4.13. The van der Waals surface area contributed by atoms with Gasteiger partial charge in [0.1, 0.15) is 5.75 Å². The molecule has 26 heavy (non-hydrogen) atoms. The van der Waals surface area contributed by atoms with E-state index in [4.69, 9.17) is 9.26 Å². The van der Waals surface area contributed by atoms with Crippen LogP contribution in [-0.2, 0) is 0 Å². The zero-order valence-electron chi connectivity index (χ0n) is 14.5. The van der Waals surface area contributed by atoms with Gasteiger partial charge in [-0.15, -0.1) is 0 Å². The van der Waals surface area contributed by atoms with E-state index in [1.165, 1.54) is 0 Å². The van der Waals surface area contributed by atoms with Crippen LogP contribution in [0.25, 0.3) is 11.5 Å². The van der Waals surface area contributed by atoms with Gasteiger partial charge in [0.15, 0.2) is 5.82 Å². The lowest BCUT2D eigenvalue weighted by molar-refractivity contribution is 0.0787. The molecule has 0 radical (unpaired) electrons. The molecule has 1 fully saturated rings. The lowest BCUT2D eigenvalue weighted by Crippen LogP contribution is -2.28. The summed E-state index contributed by atoms with van der Waals surface area (Å²) in [6.07, 6.45) is 0.814. The van der Waals surface area contributed by atoms with Crippen LogP contribution in [0.1, 0.15) is 28.5 Å². The van der Waals surface area contributed by atoms with E-state index in [0.717, 1.165) is 12.0 Å². The Labute approximate surface area is 151 Å². The van der Waals surface area contributed by atoms with Crippen LogP contribution in [0.3, 0.4) is 0 Å². The van der Waals surface area contributed by atoms with E-state index in [1.54, 1.807) is 19.2 Å². The van der Waals surface area contributed by atoms with Gasteiger partial charge in [0.25, 0.3) is 11.8 Å². The molecule has 0 saturated carbocycles. The summed E-state index contributed by atoms with van der Waals surface area (Å²) in [5.74, 6) is 1.80. The Morgan fingerprint density at radius 1 is 1.15 bits per heavy atom. The van der Waals surface area contributed by atoms with Gasteiger partial charge in [-0.25, -0.2) is 0 Å². The molecule has 2 aromatic carbocycles. The molecule has 0 aliphatic carbocycles. The Kier molecular flexibility index (Phi) is 4.39. The van der Waals surface area contributed by atoms with Gasteiger partial charge in [0.2, 0.25) is 0 Å². The number of carbonyl (C=O) groups is 1. The highest BCUT2D eigenvalue weighted by molar-refractivity contribution is 5.97. The normalized spacial score (nSPS) is 16.7. The second-order valence-corrected chi connectivity index (χ2v) is 6.26. The zero-order chi connectivity index (χ0) is 17.9. The summed E-state index contributed by atoms with van der Waals surface area (Å²) < 4.78 is 10.7. The first-order valence-electron chi connectivity index (χ1n) is 8.57. The molecule has 3 aromatic rings. The van der Waals surface area contributed by atoms with E-state index >= 15 is 0 Å². The molecule has 0 spiro atoms. The lowest BCUT2D eigenvalue weighted by atomic mass is 10.1. The number of carbonyl (C=O) groups excluding carboxylic acids is 1. The second kappa shape index (κ2) is 7.00. The van der Waals surface area contributed by atoms with E-state index in [9.17, 15) is 4.79 Å². The first-order valence-corrected chi connectivity index (χ1v) is 8.57. The predicted molar refractivity (Wildman–Crippen MR) is 96.0 cm³/mol. The van der Waals surface area contributed by atoms with Crippen LogP contribution in [0.4, 0.5) is 0 Å². The molecular weight excluding hydrogens is 330 g/mol. The van der Waals surface area contributed by atoms with Gasteiger partial charge in [-0.3, -0.25) is 4.79 Å². The van der Waals surface area contributed by atoms with Gasteiger partial charge >= 0.3 is 0 Å². The second-order valence-electron chi connectivity index (χ2n) is 6.26. The fourth-order valence-corrected chi connectivity index (χ4v) is 3.25. The summed E-state index contributed by atoms with van der Waals surface area (Å²) >= 11 is 0. The van der Waals surface area contributed by atoms with Gasteiger partial charge in [0.05, 0.1) is 12.7 Å². The minimum Gasteiger partial charge on any atom is -0.496 e. The number of methoxy groups -OCH3 is 1. The maximum absolute atomic E-state index is 12.8. The highest BCUT2D eigenvalue weighted by Crippen LogP contribution is 2.29. The first-order chi connectivity index (χ1) is 12.8. The van der Waals surface area contributed by atoms with E-state index in [-0.39, 0.29) is 11.8 Å². The molecule has 1 aromatic heterocycles. The number of nitrogens with zero attached hydrogens (tertiary/aromatic N) is 3. The highest BCUT2D eigenvalue weighted by atomic mass is 16.5. The Morgan fingerprint density at radius 3 is 2.73 bits per heavy atom. The van der Waals surface area contributed by atoms with Crippen molar-refractivity contribution in [2.24, 2.45) is 0 Å². The van der Waals surface area contributed by atoms with Crippen molar-refractivity contribution in [1.29, 1.82) is 0 Å². The van der Waals surface area contributed by atoms with Crippen molar-refractivity contribution in [1.82, 2.24) is 15.0 Å². The third-order valence-corrected chi connectivity index (χ3v) is 4.64. The SMILES string of the molecule is COc1ccccc1C(=O)N1CCC(c2noc(-c3ccccc3)n2)C1. The maximum atomic E-state index is 12.8. The quantitative estimate of drug-likeness (QED) is 0.722. The van der Waals surface area contributed by atoms with E-state index in [0.29, 0.717) is 36.1 Å². The summed E-state index contributed by atoms with van der Waals surface area (Å²) in [4.78, 5) is 19.2. The van der Waals surface area contributed by atoms with E-state index in [2.05, 4.69) is 10.1 Å². The summed E-state index contributed by atoms with van der Waals surface area (Å²) in [6, 6.07) is 17.0. The fraction of sp³-hybridized carbons (Fsp3) is 0.250. The van der Waals surface area contributed by atoms with Crippen LogP contribution >= 0.6 is 0 Å². The smallest absolute Gasteiger partial charge is 0.257 e. The van der Waals surface area contributed by atoms with Crippen LogP contribution in [0.15, 0.2) is 59.1 Å². The van der Waals surface area contributed by atoms with Crippen molar-refractivity contribution < 1.29 is 14.1 Å². The monoisotopic (exact) mass is 349 g/mol. The molecule has 6 nitrogen and oxygen atoms in total. The Balaban J connectivity index is 1.49. The minimum atomic E-state index is -0.0308. The van der Waals surface area contributed by atoms with Gasteiger partial charge in [0, 0.05) is 24.6 Å². The molecule has 1 aliphatic rings. The Hall–Kier alpha value is -3.15. The molecule has 132 valence electrons. The van der Waals surface area contributed by atoms with Gasteiger partial charge in [-0.05, 0) is 30.7 Å². The summed E-state index contributed by atoms with van der Waals surface area (Å²) in [6.45, 7) is 1.24. The number of aromatic nitrogens is 2. The predicted octanol–water partition coefficient (Wildman–Crippen LogP) is 3.37. The largest absolute Gasteiger partial charge is 0.496 e. The molecule has 1 unspecified atom stereocenters. The lowest BCUT2D eigenvalue weighted by Gasteiger charge is -2.17. The average Bonchev–Trinajstić information content (AvgIpc) is 3.37. The standard InChI is InChI=1S/C20H19N3O3/c1-25-17-10-6-5-9-16(17)20(24)23-12-11-15(13-23)18-21-19(26-22-18)14-7-3-2-4-8-14/h2-10,15H,11-13H2,1H3. The number of amides is 1. The molecule has 2 heterocycles. The number of likely N-dealkylation sites (tertiary alicyclic amines) is 1. The number of ether oxygens (including phenoxy) is 1. The van der Waals surface area contributed by atoms with Crippen LogP contribution in [-0.4, -0.2) is 41.1 Å². The van der Waals surface area contributed by atoms with Crippen molar-refractivity contribution in [2.45, 2.75) is 12.3 Å². The molecular formula is C20H19N3O3. The number of para-hydroxylation sites is 1. The summed E-state index contributed by atoms with van der Waals surface area (Å²) in [5.41, 5.74) is 1.47. The molecule has 4 rings (SSSR count). The van der Waals surface area contributed by atoms with Crippen molar-refractivity contribution >= 4 is 5.91 Å². The van der Waals surface area contributed by atoms with Crippen molar-refractivity contribution in [3.8, 4) is 17.2 Å². The number of rotatable bonds is 4. The molecule has 0 bridgehead atoms. The van der Waals surface area contributed by atoms with Gasteiger partial charge in [-0.1, -0.05) is 35.5 Å². The van der Waals surface area contributed by atoms with Crippen LogP contribution < -0.4 is 4.74 Å². The Bertz CT molecular complexity index is 907. The topological polar surface area (TPSA) is 68.5 Å². The number of hydrogen-bond acceptors (Lipinski definition) is 5. The van der Waals surface area contributed by atoms with Crippen molar-refractivity contribution in [3.05, 3.63) is 66.0 Å². The van der Waals surface area contributed by atoms with Gasteiger partial charge < -0.3 is 14.2 Å². The zero-order valence-corrected chi connectivity index (χ0v) is 14.5. The van der Waals surface area contributed by atoms with E-state index < -0.39 is 0 Å². The van der Waals surface area contributed by atoms with Crippen molar-refractivity contribution in [2.75, 3.05) is 20.2 Å². The Morgan fingerprint density at radius 2 is 1.92 bits per heavy atom. The molecule has 1 saturated heterocycles. The molecule has 6 heteroatoms. The third kappa shape index (κ3) is 3.06. The molecule has 1 atom stereocenters. The van der Waals surface area contributed by atoms with Crippen LogP contribution in [0.5, 0.6) is 5.75 Å². The summed E-state index contributed by atoms with van der Waals surface area (Å²) in [7, 11) is 1.57. The fourth-order valence-electron chi connectivity index (χ4n) is 3.25. The maximum Gasteiger partial charge on any atom is 0.257 e. The van der Waals surface area contributed by atoms with Crippen LogP contribution in [0.2, 0.25) is 0 Å². The van der Waals surface area contributed by atoms with Crippen LogP contribution in [0, 0.1) is 0 Å². The number of benzene rings is 2. The van der Waals surface area contributed by atoms with Gasteiger partial charge in [-0.2, -0.15) is 4.98 Å².